The fraction of sp³-hybridized carbons (Fsp3) is 0.175. The number of phenolic OH excluding ortho intramolecular Hbond substituents is 3. The van der Waals surface area contributed by atoms with E-state index in [9.17, 15) is 59.7 Å². The molecule has 9 N–H and O–H groups in total. The number of thiocarbonyl (C=S) groups is 1. The van der Waals surface area contributed by atoms with Crippen LogP contribution in [0.2, 0.25) is 0 Å². The van der Waals surface area contributed by atoms with Crippen LogP contribution in [0.5, 0.6) is 17.2 Å². The second-order valence-corrected chi connectivity index (χ2v) is 39.7. The minimum Gasteiger partial charge on any atom is -0.874 e. The van der Waals surface area contributed by atoms with E-state index in [-0.39, 0.29) is 102 Å². The molecule has 2 heterocycles. The molecule has 8 aliphatic carbocycles. The third kappa shape index (κ3) is 16.5. The predicted octanol–water partition coefficient (Wildman–Crippen LogP) is 24.0. The summed E-state index contributed by atoms with van der Waals surface area (Å²) in [5.74, 6) is -2.74. The number of Topliss-reactive ketones (excluding diaryl/α,β-unsaturated/α-hetero) is 4. The highest BCUT2D eigenvalue weighted by atomic mass is 32.1. The van der Waals surface area contributed by atoms with Crippen LogP contribution in [0.25, 0.3) is 94.3 Å². The lowest BCUT2D eigenvalue weighted by Crippen LogP contribution is -2.49. The smallest absolute Gasteiger partial charge is 0.202 e. The number of hydrogen-bond acceptors (Lipinski definition) is 22. The highest BCUT2D eigenvalue weighted by molar-refractivity contribution is 7.82. The molecule has 0 bridgehead atoms. The number of anilines is 5. The molecular formula is C120H99N6O12S4-. The number of fused-ring (bicyclic) bond motifs is 4. The van der Waals surface area contributed by atoms with E-state index in [0.29, 0.717) is 59.5 Å². The second kappa shape index (κ2) is 37.4. The van der Waals surface area contributed by atoms with Crippen LogP contribution in [-0.4, -0.2) is 88.8 Å². The Kier molecular flexibility index (Phi) is 24.5. The van der Waals surface area contributed by atoms with E-state index in [1.54, 1.807) is 18.2 Å². The number of nitrogens with zero attached hydrogens (tertiary/aromatic N) is 3. The molecule has 2 fully saturated rings. The van der Waals surface area contributed by atoms with Crippen LogP contribution in [0.15, 0.2) is 321 Å². The summed E-state index contributed by atoms with van der Waals surface area (Å²) in [6.07, 6.45) is 18.1. The summed E-state index contributed by atoms with van der Waals surface area (Å²) in [6.45, 7) is 11.6. The maximum atomic E-state index is 13.9. The number of carbonyl (C=O) groups excluding carboxylic acids is 5. The van der Waals surface area contributed by atoms with Crippen LogP contribution < -0.4 is 41.4 Å². The van der Waals surface area contributed by atoms with Crippen molar-refractivity contribution in [1.29, 1.82) is 0 Å². The number of aliphatic hydroxyl groups is 3. The Labute approximate surface area is 842 Å². The summed E-state index contributed by atoms with van der Waals surface area (Å²) in [5, 5.41) is 96.5. The number of aromatic hydroxyl groups is 3. The van der Waals surface area contributed by atoms with Gasteiger partial charge in [-0.3, -0.25) is 29.0 Å². The predicted molar refractivity (Wildman–Crippen MR) is 579 cm³/mol. The third-order valence-electron chi connectivity index (χ3n) is 29.1. The minimum atomic E-state index is -0.711. The average Bonchev–Trinajstić information content (AvgIpc) is 0.699. The van der Waals surface area contributed by atoms with Crippen molar-refractivity contribution in [3.8, 4) is 17.2 Å². The first-order valence-corrected chi connectivity index (χ1v) is 49.7. The molecule has 1 atom stereocenters. The fourth-order valence-corrected chi connectivity index (χ4v) is 23.1. The van der Waals surface area contributed by atoms with Gasteiger partial charge in [-0.05, 0) is 311 Å². The lowest BCUT2D eigenvalue weighted by Gasteiger charge is -2.44. The van der Waals surface area contributed by atoms with Gasteiger partial charge in [-0.15, -0.1) is 43.6 Å². The Bertz CT molecular complexity index is 8050. The van der Waals surface area contributed by atoms with Gasteiger partial charge in [0.05, 0.1) is 44.7 Å². The molecule has 2 spiro atoms. The largest absolute Gasteiger partial charge is 0.874 e. The number of ketones is 5. The number of allylic oxidation sites excluding steroid dienone is 12. The lowest BCUT2D eigenvalue weighted by molar-refractivity contribution is -0.310. The van der Waals surface area contributed by atoms with Crippen molar-refractivity contribution in [1.82, 2.24) is 0 Å². The summed E-state index contributed by atoms with van der Waals surface area (Å²) in [7, 11) is 0. The number of phenols is 3. The zero-order chi connectivity index (χ0) is 98.6. The molecule has 22 heteroatoms. The number of hydrogen-bond donors (Lipinski definition) is 12. The molecule has 14 aromatic rings. The van der Waals surface area contributed by atoms with Crippen LogP contribution in [0.1, 0.15) is 156 Å². The number of thiol groups is 3. The summed E-state index contributed by atoms with van der Waals surface area (Å²) < 4.78 is 0. The van der Waals surface area contributed by atoms with E-state index in [1.807, 2.05) is 141 Å². The van der Waals surface area contributed by atoms with Crippen molar-refractivity contribution in [3.63, 3.8) is 0 Å². The van der Waals surface area contributed by atoms with Crippen LogP contribution >= 0.6 is 50.1 Å². The van der Waals surface area contributed by atoms with Crippen molar-refractivity contribution in [2.45, 2.75) is 137 Å². The average molecular weight is 1950 g/mol. The molecule has 18 nitrogen and oxygen atoms in total. The van der Waals surface area contributed by atoms with Gasteiger partial charge in [-0.25, -0.2) is 0 Å². The van der Waals surface area contributed by atoms with E-state index < -0.39 is 17.5 Å². The summed E-state index contributed by atoms with van der Waals surface area (Å²) in [6, 6.07) is 80.3. The van der Waals surface area contributed by atoms with Gasteiger partial charge < -0.3 is 61.5 Å². The lowest BCUT2D eigenvalue weighted by atomic mass is 9.73. The van der Waals surface area contributed by atoms with Crippen LogP contribution in [-0.2, 0) is 37.1 Å². The first kappa shape index (κ1) is 93.1. The number of benzene rings is 14. The molecule has 2 aliphatic heterocycles. The monoisotopic (exact) mass is 1940 g/mol. The first-order chi connectivity index (χ1) is 68.7. The topological polar surface area (TPSA) is 285 Å². The van der Waals surface area contributed by atoms with E-state index in [2.05, 4.69) is 162 Å². The molecular weight excluding hydrogens is 1850 g/mol. The Hall–Kier alpha value is -15.2. The Morgan fingerprint density at radius 3 is 1.62 bits per heavy atom. The van der Waals surface area contributed by atoms with E-state index in [1.165, 1.54) is 98.2 Å². The number of aryl methyl sites for hydroxylation is 2. The molecule has 0 amide bonds. The van der Waals surface area contributed by atoms with Crippen LogP contribution in [0, 0.1) is 13.8 Å². The summed E-state index contributed by atoms with van der Waals surface area (Å²) in [4.78, 5) is 78.9. The van der Waals surface area contributed by atoms with Crippen LogP contribution in [0.3, 0.4) is 0 Å². The van der Waals surface area contributed by atoms with Gasteiger partial charge in [0.2, 0.25) is 17.3 Å². The Morgan fingerprint density at radius 1 is 0.423 bits per heavy atom. The number of nitrogens with one attached hydrogen (secondary N) is 3. The zero-order valence-electron chi connectivity index (χ0n) is 78.3. The van der Waals surface area contributed by atoms with Crippen molar-refractivity contribution in [2.75, 3.05) is 38.8 Å². The number of aliphatic hydroxyl groups excluding tert-OH is 3. The van der Waals surface area contributed by atoms with E-state index in [0.717, 1.165) is 172 Å². The molecule has 24 rings (SSSR count). The van der Waals surface area contributed by atoms with Crippen molar-refractivity contribution in [3.05, 3.63) is 384 Å². The third-order valence-corrected chi connectivity index (χ3v) is 30.4. The zero-order valence-corrected chi connectivity index (χ0v) is 81.8. The molecule has 142 heavy (non-hydrogen) atoms. The molecule has 0 saturated heterocycles. The maximum absolute atomic E-state index is 13.9. The quantitative estimate of drug-likeness (QED) is 0.0290. The van der Waals surface area contributed by atoms with Gasteiger partial charge in [0.25, 0.3) is 0 Å². The molecule has 0 radical (unpaired) electrons. The van der Waals surface area contributed by atoms with E-state index in [4.69, 9.17) is 17.2 Å². The summed E-state index contributed by atoms with van der Waals surface area (Å²) in [5.41, 5.74) is 17.4. The van der Waals surface area contributed by atoms with E-state index >= 15 is 0 Å². The SMILES string of the molecule is CCN(Cc1ccccc1)c1ccc(C2=C([O-])C(c3ccc(N(CC)Cc4ccccc4)cc3C)C2=O)c(C)c1.O=C1C(=C2C(=S)C=Cc3cc(S)ccc32)C(O)=C1c1c(S)ccc2cc(S)ccc12.O=C1C(c2ccc3c4c(cccc24)NC2(CCCCC2)N3)=C(O)C1=c1ccc2c3c(cccc13)NC1(CCCCC1)N=2.O=C1C=Cc2cc(O)ccc2C1=C1C(=O)C(c2c(O)ccc3cc(O)ccc23)=C1O. The number of carbonyl (C=O) groups is 5. The van der Waals surface area contributed by atoms with Gasteiger partial charge in [0.15, 0.2) is 11.6 Å². The summed E-state index contributed by atoms with van der Waals surface area (Å²) >= 11 is 18.9. The number of rotatable bonds is 13. The van der Waals surface area contributed by atoms with Gasteiger partial charge in [0.1, 0.15) is 45.9 Å². The highest BCUT2D eigenvalue weighted by Gasteiger charge is 2.46. The molecule has 2 saturated carbocycles. The Balaban J connectivity index is 0.000000113. The fourth-order valence-electron chi connectivity index (χ4n) is 22.0. The molecule has 0 aromatic heterocycles. The maximum Gasteiger partial charge on any atom is 0.202 e. The van der Waals surface area contributed by atoms with Crippen molar-refractivity contribution in [2.24, 2.45) is 4.99 Å². The molecule has 706 valence electrons. The van der Waals surface area contributed by atoms with Gasteiger partial charge in [0, 0.05) is 113 Å². The van der Waals surface area contributed by atoms with Crippen LogP contribution in [0.4, 0.5) is 28.4 Å². The standard InChI is InChI=1S/C36H34N4O2.C36H38N2O2.C24H14O6.C24H14O2S4/c41-33-31(23-13-15-27-29-21(23)9-7-11-25(29)37-35(39-27)17-3-1-4-18-35)34(42)32(33)24-14-16-28-30-22(24)10-8-12-26(30)38-36(40-28)19-5-2-6-20-36;1-5-37(23-27-13-9-7-10-14-27)29-17-19-31(25(3)21-29)33-35(39)34(36(33)40)32-20-18-30(22-26(32)4)38(6-2)24-28-15-11-8-12-16-28;25-13-3-5-15-11(9-13)1-7-17(27)19(15)21-23(29)22(24(21)30)20-16-6-4-14(26)10-12(16)2-8-18(20)28;25-23-21(19-15-5-3-13(27)9-11(15)1-7-17(19)29)24(26)22(23)20-16-6-4-14(28)10-12(16)2-8-18(20)30/h7-16,37-39,41H,1-6,17-20H2;7-22,33,39H,5-6,23-24H2,1-4H3;1-10,25-27,29H;1-10,25,27-29H/p-1. The van der Waals surface area contributed by atoms with Gasteiger partial charge in [-0.2, -0.15) is 0 Å². The highest BCUT2D eigenvalue weighted by Crippen LogP contribution is 2.53. The minimum absolute atomic E-state index is 0.0152. The molecule has 10 aliphatic rings. The second-order valence-electron chi connectivity index (χ2n) is 37.7. The molecule has 1 unspecified atom stereocenters. The molecule has 14 aromatic carbocycles. The van der Waals surface area contributed by atoms with Gasteiger partial charge in [-0.1, -0.05) is 171 Å². The van der Waals surface area contributed by atoms with Gasteiger partial charge >= 0.3 is 0 Å². The van der Waals surface area contributed by atoms with Crippen molar-refractivity contribution < 1.29 is 59.7 Å². The normalized spacial score (nSPS) is 18.5. The van der Waals surface area contributed by atoms with Crippen molar-refractivity contribution >= 4 is 207 Å². The Morgan fingerprint density at radius 2 is 0.958 bits per heavy atom. The first-order valence-electron chi connectivity index (χ1n) is 48.0.